The molecular weight excluding hydrogens is 373 g/mol. The van der Waals surface area contributed by atoms with Crippen LogP contribution in [-0.4, -0.2) is 22.2 Å². The first-order valence-corrected chi connectivity index (χ1v) is 8.48. The number of carbonyl (C=O) groups is 1. The predicted molar refractivity (Wildman–Crippen MR) is 99.1 cm³/mol. The van der Waals surface area contributed by atoms with Crippen molar-refractivity contribution in [2.45, 2.75) is 19.1 Å². The Morgan fingerprint density at radius 3 is 2.39 bits per heavy atom. The van der Waals surface area contributed by atoms with E-state index in [1.54, 1.807) is 24.3 Å². The van der Waals surface area contributed by atoms with Crippen LogP contribution in [0.2, 0.25) is 0 Å². The van der Waals surface area contributed by atoms with Gasteiger partial charge in [-0.2, -0.15) is 13.2 Å². The van der Waals surface area contributed by atoms with Crippen molar-refractivity contribution in [1.82, 2.24) is 4.57 Å². The van der Waals surface area contributed by atoms with Gasteiger partial charge < -0.3 is 15.0 Å². The average Bonchev–Trinajstić information content (AvgIpc) is 2.64. The summed E-state index contributed by atoms with van der Waals surface area (Å²) < 4.78 is 39.2. The number of fused-ring (bicyclic) bond motifs is 1. The van der Waals surface area contributed by atoms with Crippen LogP contribution in [0.25, 0.3) is 10.8 Å². The van der Waals surface area contributed by atoms with Gasteiger partial charge in [-0.25, -0.2) is 0 Å². The number of carbonyl (C=O) groups excluding carboxylic acids is 1. The van der Waals surface area contributed by atoms with Crippen molar-refractivity contribution in [2.75, 3.05) is 11.9 Å². The van der Waals surface area contributed by atoms with Gasteiger partial charge >= 0.3 is 6.18 Å². The number of nitrogens with zero attached hydrogens (tertiary/aromatic N) is 1. The lowest BCUT2D eigenvalue weighted by Gasteiger charge is -2.11. The van der Waals surface area contributed by atoms with Crippen LogP contribution in [0.3, 0.4) is 0 Å². The minimum absolute atomic E-state index is 0.101. The Morgan fingerprint density at radius 1 is 1.04 bits per heavy atom. The molecule has 0 spiro atoms. The number of anilines is 1. The van der Waals surface area contributed by atoms with Gasteiger partial charge in [-0.3, -0.25) is 9.59 Å². The predicted octanol–water partition coefficient (Wildman–Crippen LogP) is 3.19. The smallest absolute Gasteiger partial charge is 0.395 e. The van der Waals surface area contributed by atoms with E-state index in [1.807, 2.05) is 0 Å². The molecule has 2 aromatic carbocycles. The number of benzene rings is 2. The lowest BCUT2D eigenvalue weighted by atomic mass is 10.1. The zero-order valence-corrected chi connectivity index (χ0v) is 14.7. The van der Waals surface area contributed by atoms with E-state index in [0.717, 1.165) is 12.1 Å². The van der Waals surface area contributed by atoms with E-state index in [4.69, 9.17) is 5.11 Å². The fourth-order valence-electron chi connectivity index (χ4n) is 2.90. The van der Waals surface area contributed by atoms with Crippen molar-refractivity contribution in [2.24, 2.45) is 0 Å². The first-order chi connectivity index (χ1) is 13.3. The lowest BCUT2D eigenvalue weighted by Crippen LogP contribution is -2.21. The number of aromatic nitrogens is 1. The first kappa shape index (κ1) is 19.6. The summed E-state index contributed by atoms with van der Waals surface area (Å²) in [7, 11) is 0. The van der Waals surface area contributed by atoms with Crippen LogP contribution >= 0.6 is 0 Å². The number of amides is 1. The molecule has 0 aliphatic heterocycles. The molecule has 0 aliphatic carbocycles. The Labute approximate surface area is 158 Å². The maximum absolute atomic E-state index is 12.6. The molecule has 0 saturated heterocycles. The molecule has 0 radical (unpaired) electrons. The highest BCUT2D eigenvalue weighted by atomic mass is 19.4. The molecular formula is C20H17F3N2O3. The minimum atomic E-state index is -4.42. The van der Waals surface area contributed by atoms with Crippen LogP contribution in [0.15, 0.2) is 59.5 Å². The zero-order valence-electron chi connectivity index (χ0n) is 14.7. The fourth-order valence-corrected chi connectivity index (χ4v) is 2.90. The number of halogens is 3. The van der Waals surface area contributed by atoms with Crippen molar-refractivity contribution >= 4 is 22.4 Å². The van der Waals surface area contributed by atoms with Crippen LogP contribution in [0, 0.1) is 0 Å². The summed E-state index contributed by atoms with van der Waals surface area (Å²) in [6.45, 7) is -0.00570. The number of rotatable bonds is 5. The lowest BCUT2D eigenvalue weighted by molar-refractivity contribution is -0.137. The third kappa shape index (κ3) is 4.23. The molecule has 2 N–H and O–H groups in total. The Morgan fingerprint density at radius 2 is 1.75 bits per heavy atom. The topological polar surface area (TPSA) is 71.3 Å². The molecule has 0 saturated carbocycles. The molecule has 3 rings (SSSR count). The van der Waals surface area contributed by atoms with Crippen molar-refractivity contribution in [3.63, 3.8) is 0 Å². The summed E-state index contributed by atoms with van der Waals surface area (Å²) in [6.07, 6.45) is -2.99. The van der Waals surface area contributed by atoms with Gasteiger partial charge in [0.05, 0.1) is 18.6 Å². The molecule has 146 valence electrons. The second kappa shape index (κ2) is 7.85. The van der Waals surface area contributed by atoms with Crippen LogP contribution < -0.4 is 10.9 Å². The van der Waals surface area contributed by atoms with Crippen LogP contribution in [0.5, 0.6) is 0 Å². The molecule has 3 aromatic rings. The summed E-state index contributed by atoms with van der Waals surface area (Å²) in [5.41, 5.74) is -0.186. The van der Waals surface area contributed by atoms with E-state index in [1.165, 1.54) is 22.9 Å². The summed E-state index contributed by atoms with van der Waals surface area (Å²) in [5, 5.41) is 12.6. The number of aliphatic hydroxyl groups excluding tert-OH is 1. The summed E-state index contributed by atoms with van der Waals surface area (Å²) in [5.74, 6) is -0.410. The van der Waals surface area contributed by atoms with E-state index in [-0.39, 0.29) is 25.1 Å². The molecule has 0 aliphatic rings. The maximum Gasteiger partial charge on any atom is 0.416 e. The monoisotopic (exact) mass is 390 g/mol. The number of aliphatic hydroxyl groups is 1. The molecule has 0 bridgehead atoms. The normalized spacial score (nSPS) is 11.6. The second-order valence-electron chi connectivity index (χ2n) is 6.22. The van der Waals surface area contributed by atoms with Crippen molar-refractivity contribution in [3.05, 3.63) is 76.2 Å². The highest BCUT2D eigenvalue weighted by molar-refractivity contribution is 6.02. The summed E-state index contributed by atoms with van der Waals surface area (Å²) in [6, 6.07) is 11.0. The fraction of sp³-hybridized carbons (Fsp3) is 0.200. The SMILES string of the molecule is O=C(Cc1ccc(C(F)(F)F)cc1)Nc1cccc2c(=O)n(CCO)ccc12. The van der Waals surface area contributed by atoms with E-state index in [9.17, 15) is 22.8 Å². The number of hydrogen-bond acceptors (Lipinski definition) is 3. The van der Waals surface area contributed by atoms with Crippen molar-refractivity contribution in [1.29, 1.82) is 0 Å². The molecule has 1 amide bonds. The van der Waals surface area contributed by atoms with Crippen molar-refractivity contribution in [3.8, 4) is 0 Å². The van der Waals surface area contributed by atoms with E-state index < -0.39 is 17.6 Å². The number of hydrogen-bond donors (Lipinski definition) is 2. The average molecular weight is 390 g/mol. The Balaban J connectivity index is 1.80. The second-order valence-corrected chi connectivity index (χ2v) is 6.22. The largest absolute Gasteiger partial charge is 0.416 e. The Bertz CT molecular complexity index is 1060. The third-order valence-corrected chi connectivity index (χ3v) is 4.28. The molecule has 1 aromatic heterocycles. The standard InChI is InChI=1S/C20H17F3N2O3/c21-20(22,23)14-6-4-13(5-7-14)12-18(27)24-17-3-1-2-16-15(17)8-9-25(10-11-26)19(16)28/h1-9,26H,10-12H2,(H,24,27). The van der Waals surface area contributed by atoms with Gasteiger partial charge in [0.1, 0.15) is 0 Å². The van der Waals surface area contributed by atoms with Crippen LogP contribution in [0.4, 0.5) is 18.9 Å². The zero-order chi connectivity index (χ0) is 20.3. The Hall–Kier alpha value is -3.13. The van der Waals surface area contributed by atoms with Gasteiger partial charge in [0, 0.05) is 29.2 Å². The minimum Gasteiger partial charge on any atom is -0.395 e. The van der Waals surface area contributed by atoms with E-state index in [2.05, 4.69) is 5.32 Å². The molecule has 1 heterocycles. The quantitative estimate of drug-likeness (QED) is 0.703. The molecule has 5 nitrogen and oxygen atoms in total. The van der Waals surface area contributed by atoms with Gasteiger partial charge in [0.15, 0.2) is 0 Å². The summed E-state index contributed by atoms with van der Waals surface area (Å²) >= 11 is 0. The van der Waals surface area contributed by atoms with E-state index in [0.29, 0.717) is 22.0 Å². The summed E-state index contributed by atoms with van der Waals surface area (Å²) in [4.78, 5) is 24.7. The van der Waals surface area contributed by atoms with Crippen molar-refractivity contribution < 1.29 is 23.1 Å². The Kier molecular flexibility index (Phi) is 5.51. The van der Waals surface area contributed by atoms with Gasteiger partial charge in [-0.15, -0.1) is 0 Å². The maximum atomic E-state index is 12.6. The number of nitrogens with one attached hydrogen (secondary N) is 1. The number of pyridine rings is 1. The molecule has 0 fully saturated rings. The highest BCUT2D eigenvalue weighted by Gasteiger charge is 2.29. The van der Waals surface area contributed by atoms with Crippen LogP contribution in [-0.2, 0) is 23.9 Å². The van der Waals surface area contributed by atoms with E-state index >= 15 is 0 Å². The molecule has 0 atom stereocenters. The highest BCUT2D eigenvalue weighted by Crippen LogP contribution is 2.29. The first-order valence-electron chi connectivity index (χ1n) is 8.48. The molecule has 8 heteroatoms. The number of alkyl halides is 3. The van der Waals surface area contributed by atoms with Gasteiger partial charge in [-0.05, 0) is 35.9 Å². The van der Waals surface area contributed by atoms with Crippen LogP contribution in [0.1, 0.15) is 11.1 Å². The molecule has 28 heavy (non-hydrogen) atoms. The van der Waals surface area contributed by atoms with Gasteiger partial charge in [0.25, 0.3) is 5.56 Å². The molecule has 0 unspecified atom stereocenters. The van der Waals surface area contributed by atoms with Gasteiger partial charge in [-0.1, -0.05) is 18.2 Å². The van der Waals surface area contributed by atoms with Gasteiger partial charge in [0.2, 0.25) is 5.91 Å². The third-order valence-electron chi connectivity index (χ3n) is 4.28.